The molecule has 5 nitrogen and oxygen atoms in total. The Bertz CT molecular complexity index is 742. The fourth-order valence-electron chi connectivity index (χ4n) is 7.51. The number of hydrogen-bond donors (Lipinski definition) is 2. The highest BCUT2D eigenvalue weighted by Crippen LogP contribution is 2.67. The molecule has 0 saturated heterocycles. The van der Waals surface area contributed by atoms with Crippen molar-refractivity contribution in [3.05, 3.63) is 11.6 Å². The number of fused-ring (bicyclic) bond motifs is 5. The largest absolute Gasteiger partial charge is 0.393 e. The van der Waals surface area contributed by atoms with Crippen molar-refractivity contribution < 1.29 is 24.5 Å². The van der Waals surface area contributed by atoms with Crippen molar-refractivity contribution in [2.24, 2.45) is 28.6 Å². The summed E-state index contributed by atoms with van der Waals surface area (Å²) in [6.45, 7) is 7.92. The molecular weight excluding hydrogens is 368 g/mol. The minimum atomic E-state index is -1.43. The van der Waals surface area contributed by atoms with Crippen molar-refractivity contribution in [2.45, 2.75) is 90.4 Å². The molecule has 0 aliphatic heterocycles. The first-order valence-corrected chi connectivity index (χ1v) is 11.3. The van der Waals surface area contributed by atoms with Gasteiger partial charge in [0.25, 0.3) is 0 Å². The van der Waals surface area contributed by atoms with Crippen LogP contribution in [-0.2, 0) is 14.3 Å². The van der Waals surface area contributed by atoms with Crippen LogP contribution in [0.4, 0.5) is 0 Å². The normalized spacial score (nSPS) is 46.7. The lowest BCUT2D eigenvalue weighted by molar-refractivity contribution is -0.183. The molecular formula is C24H36O5. The number of Topliss-reactive ketones (excluding diaryl/α,β-unsaturated/α-hetero) is 1. The summed E-state index contributed by atoms with van der Waals surface area (Å²) in [5.41, 5.74) is -1.01. The summed E-state index contributed by atoms with van der Waals surface area (Å²) >= 11 is 0. The fourth-order valence-corrected chi connectivity index (χ4v) is 7.51. The molecule has 3 fully saturated rings. The SMILES string of the molecule is CC(C)OCC(=O)[C@@]1(O)CCC2C3CCC4=CC(=O)CC[C@]4(C)C3[C@@H](O)C[C@@]21C. The van der Waals surface area contributed by atoms with E-state index in [4.69, 9.17) is 4.74 Å². The Hall–Kier alpha value is -1.04. The van der Waals surface area contributed by atoms with E-state index in [1.807, 2.05) is 26.8 Å². The van der Waals surface area contributed by atoms with E-state index in [-0.39, 0.29) is 47.4 Å². The van der Waals surface area contributed by atoms with Gasteiger partial charge in [0, 0.05) is 11.8 Å². The van der Waals surface area contributed by atoms with Crippen molar-refractivity contribution in [3.8, 4) is 0 Å². The Kier molecular flexibility index (Phi) is 5.12. The summed E-state index contributed by atoms with van der Waals surface area (Å²) in [6, 6.07) is 0. The number of hydrogen-bond acceptors (Lipinski definition) is 5. The maximum absolute atomic E-state index is 13.0. The van der Waals surface area contributed by atoms with Crippen LogP contribution in [0.15, 0.2) is 11.6 Å². The van der Waals surface area contributed by atoms with Crippen molar-refractivity contribution in [3.63, 3.8) is 0 Å². The van der Waals surface area contributed by atoms with Crippen LogP contribution in [-0.4, -0.2) is 46.2 Å². The van der Waals surface area contributed by atoms with Gasteiger partial charge >= 0.3 is 0 Å². The van der Waals surface area contributed by atoms with Gasteiger partial charge in [0.2, 0.25) is 0 Å². The van der Waals surface area contributed by atoms with E-state index >= 15 is 0 Å². The molecule has 4 rings (SSSR count). The minimum Gasteiger partial charge on any atom is -0.393 e. The van der Waals surface area contributed by atoms with Crippen LogP contribution < -0.4 is 0 Å². The molecule has 5 heteroatoms. The Balaban J connectivity index is 1.65. The van der Waals surface area contributed by atoms with Crippen LogP contribution in [0.5, 0.6) is 0 Å². The monoisotopic (exact) mass is 404 g/mol. The van der Waals surface area contributed by atoms with Gasteiger partial charge in [-0.15, -0.1) is 0 Å². The van der Waals surface area contributed by atoms with Gasteiger partial charge in [-0.1, -0.05) is 19.4 Å². The number of rotatable bonds is 4. The van der Waals surface area contributed by atoms with Gasteiger partial charge in [-0.2, -0.15) is 0 Å². The maximum Gasteiger partial charge on any atom is 0.190 e. The quantitative estimate of drug-likeness (QED) is 0.752. The Morgan fingerprint density at radius 2 is 1.97 bits per heavy atom. The van der Waals surface area contributed by atoms with E-state index in [9.17, 15) is 19.8 Å². The number of allylic oxidation sites excluding steroid dienone is 1. The van der Waals surface area contributed by atoms with Gasteiger partial charge in [-0.25, -0.2) is 0 Å². The molecule has 4 aliphatic carbocycles. The molecule has 7 atom stereocenters. The second kappa shape index (κ2) is 7.00. The number of aliphatic hydroxyl groups is 2. The van der Waals surface area contributed by atoms with E-state index in [2.05, 4.69) is 6.92 Å². The molecule has 3 saturated carbocycles. The van der Waals surface area contributed by atoms with E-state index in [0.29, 0.717) is 19.3 Å². The Morgan fingerprint density at radius 1 is 1.24 bits per heavy atom. The average molecular weight is 405 g/mol. The second-order valence-electron chi connectivity index (χ2n) is 10.8. The molecule has 0 aromatic carbocycles. The third-order valence-corrected chi connectivity index (χ3v) is 9.06. The van der Waals surface area contributed by atoms with Crippen molar-refractivity contribution in [1.29, 1.82) is 0 Å². The van der Waals surface area contributed by atoms with E-state index in [0.717, 1.165) is 25.7 Å². The van der Waals surface area contributed by atoms with Gasteiger partial charge in [0.05, 0.1) is 12.2 Å². The summed E-state index contributed by atoms with van der Waals surface area (Å²) in [5.74, 6) is 0.537. The average Bonchev–Trinajstić information content (AvgIpc) is 2.91. The topological polar surface area (TPSA) is 83.8 Å². The molecule has 3 unspecified atom stereocenters. The summed E-state index contributed by atoms with van der Waals surface area (Å²) in [7, 11) is 0. The van der Waals surface area contributed by atoms with Crippen molar-refractivity contribution in [2.75, 3.05) is 6.61 Å². The van der Waals surface area contributed by atoms with Crippen LogP contribution in [0.2, 0.25) is 0 Å². The minimum absolute atomic E-state index is 0.0635. The number of carbonyl (C=O) groups excluding carboxylic acids is 2. The number of carbonyl (C=O) groups is 2. The maximum atomic E-state index is 13.0. The zero-order valence-corrected chi connectivity index (χ0v) is 18.2. The lowest BCUT2D eigenvalue weighted by Gasteiger charge is -2.60. The highest BCUT2D eigenvalue weighted by atomic mass is 16.5. The predicted molar refractivity (Wildman–Crippen MR) is 109 cm³/mol. The van der Waals surface area contributed by atoms with Crippen LogP contribution in [0.3, 0.4) is 0 Å². The smallest absolute Gasteiger partial charge is 0.190 e. The molecule has 2 N–H and O–H groups in total. The van der Waals surface area contributed by atoms with E-state index < -0.39 is 17.1 Å². The first-order valence-electron chi connectivity index (χ1n) is 11.3. The first kappa shape index (κ1) is 21.2. The summed E-state index contributed by atoms with van der Waals surface area (Å²) in [5, 5.41) is 22.9. The summed E-state index contributed by atoms with van der Waals surface area (Å²) in [4.78, 5) is 25.0. The van der Waals surface area contributed by atoms with Gasteiger partial charge < -0.3 is 14.9 Å². The molecule has 0 aromatic heterocycles. The third kappa shape index (κ3) is 2.99. The van der Waals surface area contributed by atoms with Crippen LogP contribution in [0, 0.1) is 28.6 Å². The lowest BCUT2D eigenvalue weighted by atomic mass is 9.45. The zero-order chi connectivity index (χ0) is 21.2. The van der Waals surface area contributed by atoms with E-state index in [1.165, 1.54) is 5.57 Å². The van der Waals surface area contributed by atoms with Crippen molar-refractivity contribution >= 4 is 11.6 Å². The van der Waals surface area contributed by atoms with Crippen LogP contribution in [0.1, 0.15) is 72.6 Å². The van der Waals surface area contributed by atoms with Gasteiger partial charge in [-0.3, -0.25) is 9.59 Å². The number of ether oxygens (including phenoxy) is 1. The number of aliphatic hydroxyl groups excluding tert-OH is 1. The van der Waals surface area contributed by atoms with Gasteiger partial charge in [0.15, 0.2) is 11.6 Å². The summed E-state index contributed by atoms with van der Waals surface area (Å²) < 4.78 is 5.52. The number of ketones is 2. The molecule has 0 spiro atoms. The highest BCUT2D eigenvalue weighted by molar-refractivity contribution is 5.92. The Morgan fingerprint density at radius 3 is 2.66 bits per heavy atom. The van der Waals surface area contributed by atoms with Crippen molar-refractivity contribution in [1.82, 2.24) is 0 Å². The third-order valence-electron chi connectivity index (χ3n) is 9.06. The first-order chi connectivity index (χ1) is 13.5. The molecule has 0 amide bonds. The molecule has 0 bridgehead atoms. The lowest BCUT2D eigenvalue weighted by Crippen LogP contribution is -2.62. The van der Waals surface area contributed by atoms with Crippen LogP contribution in [0.25, 0.3) is 0 Å². The second-order valence-corrected chi connectivity index (χ2v) is 10.8. The van der Waals surface area contributed by atoms with Gasteiger partial charge in [0.1, 0.15) is 12.2 Å². The zero-order valence-electron chi connectivity index (χ0n) is 18.2. The van der Waals surface area contributed by atoms with Gasteiger partial charge in [-0.05, 0) is 81.6 Å². The standard InChI is InChI=1S/C24H36O5/c1-14(2)29-13-20(27)24(28)10-8-18-17-6-5-15-11-16(25)7-9-22(15,3)21(17)19(26)12-23(18,24)4/h11,14,17-19,21,26,28H,5-10,12-13H2,1-4H3/t17?,18?,19-,21?,22-,23-,24-/m0/s1. The van der Waals surface area contributed by atoms with Crippen LogP contribution >= 0.6 is 0 Å². The molecule has 4 aliphatic rings. The molecule has 0 radical (unpaired) electrons. The molecule has 162 valence electrons. The Labute approximate surface area is 173 Å². The fraction of sp³-hybridized carbons (Fsp3) is 0.833. The summed E-state index contributed by atoms with van der Waals surface area (Å²) in [6.07, 6.45) is 6.02. The molecule has 29 heavy (non-hydrogen) atoms. The highest BCUT2D eigenvalue weighted by Gasteiger charge is 2.68. The van der Waals surface area contributed by atoms with E-state index in [1.54, 1.807) is 0 Å². The molecule has 0 heterocycles. The molecule has 0 aromatic rings. The predicted octanol–water partition coefficient (Wildman–Crippen LogP) is 3.21.